The van der Waals surface area contributed by atoms with Crippen LogP contribution in [-0.4, -0.2) is 25.7 Å². The van der Waals surface area contributed by atoms with Gasteiger partial charge in [-0.25, -0.2) is 0 Å². The normalized spacial score (nSPS) is 11.8. The first-order valence-electron chi connectivity index (χ1n) is 9.14. The van der Waals surface area contributed by atoms with E-state index in [1.54, 1.807) is 18.2 Å². The van der Waals surface area contributed by atoms with Gasteiger partial charge in [-0.2, -0.15) is 13.2 Å². The van der Waals surface area contributed by atoms with Crippen LogP contribution >= 0.6 is 11.6 Å². The first kappa shape index (κ1) is 21.3. The summed E-state index contributed by atoms with van der Waals surface area (Å²) in [5, 5.41) is 0.669. The molecular weight excluding hydrogens is 405 g/mol. The molecule has 3 N–H and O–H groups in total. The van der Waals surface area contributed by atoms with Gasteiger partial charge in [-0.05, 0) is 61.7 Å². The molecule has 1 aromatic heterocycles. The van der Waals surface area contributed by atoms with E-state index >= 15 is 0 Å². The zero-order valence-corrected chi connectivity index (χ0v) is 16.9. The minimum atomic E-state index is -4.50. The number of ether oxygens (including phenoxy) is 2. The quantitative estimate of drug-likeness (QED) is 0.469. The van der Waals surface area contributed by atoms with Crippen molar-refractivity contribution < 1.29 is 22.6 Å². The molecule has 3 aromatic rings. The van der Waals surface area contributed by atoms with Crippen LogP contribution in [0.4, 0.5) is 13.2 Å². The van der Waals surface area contributed by atoms with Gasteiger partial charge in [0.1, 0.15) is 0 Å². The number of alkyl halides is 3. The summed E-state index contributed by atoms with van der Waals surface area (Å²) in [7, 11) is 3.03. The lowest BCUT2D eigenvalue weighted by molar-refractivity contribution is -0.136. The Morgan fingerprint density at radius 1 is 1.03 bits per heavy atom. The number of rotatable bonds is 7. The first-order chi connectivity index (χ1) is 13.8. The fourth-order valence-corrected chi connectivity index (χ4v) is 3.77. The molecule has 156 valence electrons. The molecule has 0 amide bonds. The van der Waals surface area contributed by atoms with E-state index in [4.69, 9.17) is 26.8 Å². The van der Waals surface area contributed by atoms with E-state index in [2.05, 4.69) is 4.98 Å². The number of nitrogens with two attached hydrogens (primary N) is 1. The highest BCUT2D eigenvalue weighted by molar-refractivity contribution is 6.36. The van der Waals surface area contributed by atoms with Crippen LogP contribution in [0.2, 0.25) is 5.02 Å². The molecule has 0 saturated carbocycles. The zero-order valence-electron chi connectivity index (χ0n) is 16.1. The number of methoxy groups -OCH3 is 2. The number of aryl methyl sites for hydroxylation is 1. The number of fused-ring (bicyclic) bond motifs is 1. The second-order valence-corrected chi connectivity index (χ2v) is 7.04. The first-order valence-corrected chi connectivity index (χ1v) is 9.52. The average molecular weight is 427 g/mol. The van der Waals surface area contributed by atoms with Gasteiger partial charge < -0.3 is 20.2 Å². The molecule has 2 aromatic carbocycles. The molecule has 0 fully saturated rings. The van der Waals surface area contributed by atoms with Crippen LogP contribution in [0.1, 0.15) is 24.0 Å². The molecule has 1 heterocycles. The Morgan fingerprint density at radius 2 is 1.76 bits per heavy atom. The van der Waals surface area contributed by atoms with Gasteiger partial charge in [0, 0.05) is 16.6 Å². The number of aromatic nitrogens is 1. The lowest BCUT2D eigenvalue weighted by atomic mass is 9.99. The highest BCUT2D eigenvalue weighted by Crippen LogP contribution is 2.43. The van der Waals surface area contributed by atoms with Crippen LogP contribution in [0, 0.1) is 0 Å². The lowest BCUT2D eigenvalue weighted by Crippen LogP contribution is -2.05. The Morgan fingerprint density at radius 3 is 2.38 bits per heavy atom. The molecule has 0 aliphatic rings. The highest BCUT2D eigenvalue weighted by atomic mass is 35.5. The summed E-state index contributed by atoms with van der Waals surface area (Å²) >= 11 is 6.35. The number of halogens is 4. The molecule has 0 radical (unpaired) electrons. The second kappa shape index (κ2) is 8.55. The van der Waals surface area contributed by atoms with E-state index in [1.807, 2.05) is 0 Å². The van der Waals surface area contributed by atoms with Gasteiger partial charge in [-0.1, -0.05) is 11.6 Å². The summed E-state index contributed by atoms with van der Waals surface area (Å²) in [5.41, 5.74) is 6.83. The van der Waals surface area contributed by atoms with Crippen molar-refractivity contribution in [3.8, 4) is 22.8 Å². The van der Waals surface area contributed by atoms with E-state index in [0.29, 0.717) is 41.1 Å². The van der Waals surface area contributed by atoms with Crippen LogP contribution in [0.3, 0.4) is 0 Å². The maximum atomic E-state index is 13.6. The molecule has 0 unspecified atom stereocenters. The maximum absolute atomic E-state index is 13.6. The van der Waals surface area contributed by atoms with Gasteiger partial charge >= 0.3 is 6.18 Å². The Bertz CT molecular complexity index is 1020. The molecule has 0 atom stereocenters. The minimum absolute atomic E-state index is 0.0162. The number of nitrogens with one attached hydrogen (secondary N) is 1. The van der Waals surface area contributed by atoms with Crippen molar-refractivity contribution in [2.75, 3.05) is 20.8 Å². The summed E-state index contributed by atoms with van der Waals surface area (Å²) in [6.45, 7) is 0.510. The van der Waals surface area contributed by atoms with Crippen LogP contribution in [-0.2, 0) is 12.6 Å². The summed E-state index contributed by atoms with van der Waals surface area (Å²) in [6, 6.07) is 7.53. The van der Waals surface area contributed by atoms with Crippen LogP contribution in [0.15, 0.2) is 30.3 Å². The van der Waals surface area contributed by atoms with Crippen LogP contribution in [0.25, 0.3) is 22.2 Å². The molecule has 4 nitrogen and oxygen atoms in total. The number of unbranched alkanes of at least 4 members (excludes halogenated alkanes) is 1. The molecule has 3 rings (SSSR count). The topological polar surface area (TPSA) is 60.3 Å². The van der Waals surface area contributed by atoms with E-state index in [1.165, 1.54) is 20.3 Å². The number of H-pyrrole nitrogens is 1. The zero-order chi connectivity index (χ0) is 21.2. The third kappa shape index (κ3) is 4.16. The minimum Gasteiger partial charge on any atom is -0.493 e. The van der Waals surface area contributed by atoms with Gasteiger partial charge in [-0.3, -0.25) is 0 Å². The number of hydrogen-bond acceptors (Lipinski definition) is 3. The third-order valence-electron chi connectivity index (χ3n) is 4.87. The molecule has 0 bridgehead atoms. The summed E-state index contributed by atoms with van der Waals surface area (Å²) in [6.07, 6.45) is -2.47. The standard InChI is InChI=1S/C21H22ClF3N2O2/c1-28-16-9-6-12(11-17(16)29-2)19-13(5-3-4-10-26)18-15(22)8-7-14(20(18)27-19)21(23,24)25/h6-9,11,27H,3-5,10,26H2,1-2H3. The van der Waals surface area contributed by atoms with E-state index in [0.717, 1.165) is 24.5 Å². The number of hydrogen-bond donors (Lipinski definition) is 2. The average Bonchev–Trinajstić information content (AvgIpc) is 3.07. The Balaban J connectivity index is 2.28. The van der Waals surface area contributed by atoms with Gasteiger partial charge in [0.25, 0.3) is 0 Å². The molecule has 29 heavy (non-hydrogen) atoms. The largest absolute Gasteiger partial charge is 0.493 e. The predicted octanol–water partition coefficient (Wildman–Crippen LogP) is 5.81. The Labute approximate surface area is 171 Å². The highest BCUT2D eigenvalue weighted by Gasteiger charge is 2.34. The maximum Gasteiger partial charge on any atom is 0.418 e. The molecule has 8 heteroatoms. The molecule has 0 saturated heterocycles. The van der Waals surface area contributed by atoms with Gasteiger partial charge in [0.15, 0.2) is 11.5 Å². The van der Waals surface area contributed by atoms with Crippen molar-refractivity contribution in [2.45, 2.75) is 25.4 Å². The molecule has 0 spiro atoms. The predicted molar refractivity (Wildman–Crippen MR) is 109 cm³/mol. The van der Waals surface area contributed by atoms with Crippen molar-refractivity contribution in [2.24, 2.45) is 5.73 Å². The van der Waals surface area contributed by atoms with Crippen molar-refractivity contribution in [3.05, 3.63) is 46.5 Å². The van der Waals surface area contributed by atoms with E-state index in [-0.39, 0.29) is 10.5 Å². The monoisotopic (exact) mass is 426 g/mol. The van der Waals surface area contributed by atoms with Crippen molar-refractivity contribution in [1.29, 1.82) is 0 Å². The van der Waals surface area contributed by atoms with Crippen LogP contribution in [0.5, 0.6) is 11.5 Å². The molecular formula is C21H22ClF3N2O2. The Kier molecular flexibility index (Phi) is 6.29. The van der Waals surface area contributed by atoms with Crippen molar-refractivity contribution in [1.82, 2.24) is 4.98 Å². The lowest BCUT2D eigenvalue weighted by Gasteiger charge is -2.11. The second-order valence-electron chi connectivity index (χ2n) is 6.64. The van der Waals surface area contributed by atoms with Gasteiger partial charge in [-0.15, -0.1) is 0 Å². The summed E-state index contributed by atoms with van der Waals surface area (Å²) in [5.74, 6) is 1.02. The smallest absolute Gasteiger partial charge is 0.418 e. The summed E-state index contributed by atoms with van der Waals surface area (Å²) < 4.78 is 51.4. The van der Waals surface area contributed by atoms with E-state index < -0.39 is 11.7 Å². The summed E-state index contributed by atoms with van der Waals surface area (Å²) in [4.78, 5) is 2.98. The molecule has 0 aliphatic heterocycles. The number of benzene rings is 2. The van der Waals surface area contributed by atoms with Crippen molar-refractivity contribution >= 4 is 22.5 Å². The fraction of sp³-hybridized carbons (Fsp3) is 0.333. The molecule has 0 aliphatic carbocycles. The fourth-order valence-electron chi connectivity index (χ4n) is 3.50. The van der Waals surface area contributed by atoms with E-state index in [9.17, 15) is 13.2 Å². The number of aromatic amines is 1. The van der Waals surface area contributed by atoms with Crippen molar-refractivity contribution in [3.63, 3.8) is 0 Å². The third-order valence-corrected chi connectivity index (χ3v) is 5.18. The SMILES string of the molecule is COc1ccc(-c2[nH]c3c(C(F)(F)F)ccc(Cl)c3c2CCCCN)cc1OC. The van der Waals surface area contributed by atoms with Gasteiger partial charge in [0.05, 0.1) is 30.3 Å². The van der Waals surface area contributed by atoms with Crippen LogP contribution < -0.4 is 15.2 Å². The van der Waals surface area contributed by atoms with Gasteiger partial charge in [0.2, 0.25) is 0 Å². The Hall–Kier alpha value is -2.38.